The van der Waals surface area contributed by atoms with Crippen molar-refractivity contribution in [1.29, 1.82) is 0 Å². The number of nitrogens with zero attached hydrogens (tertiary/aromatic N) is 5. The molecular weight excluding hydrogens is 456 g/mol. The molecule has 2 atom stereocenters. The number of aromatic nitrogens is 5. The Labute approximate surface area is 209 Å². The van der Waals surface area contributed by atoms with Crippen LogP contribution in [0.15, 0.2) is 41.5 Å². The number of nitrogens with two attached hydrogens (primary N) is 1. The maximum atomic E-state index is 6.41. The first-order valence-corrected chi connectivity index (χ1v) is 13.7. The lowest BCUT2D eigenvalue weighted by Gasteiger charge is -2.29. The van der Waals surface area contributed by atoms with Crippen molar-refractivity contribution in [3.05, 3.63) is 47.0 Å². The fraction of sp³-hybridized carbons (Fsp3) is 0.462. The fourth-order valence-electron chi connectivity index (χ4n) is 5.35. The molecule has 2 aliphatic carbocycles. The minimum atomic E-state index is 0.131. The highest BCUT2D eigenvalue weighted by atomic mass is 32.1. The topological polar surface area (TPSA) is 107 Å². The second-order valence-corrected chi connectivity index (χ2v) is 10.6. The lowest BCUT2D eigenvalue weighted by Crippen LogP contribution is -2.43. The van der Waals surface area contributed by atoms with Crippen molar-refractivity contribution in [2.24, 2.45) is 5.73 Å². The monoisotopic (exact) mass is 488 g/mol. The summed E-state index contributed by atoms with van der Waals surface area (Å²) in [5.74, 6) is 1.38. The van der Waals surface area contributed by atoms with Gasteiger partial charge in [0.2, 0.25) is 5.95 Å². The Morgan fingerprint density at radius 2 is 1.86 bits per heavy atom. The zero-order valence-corrected chi connectivity index (χ0v) is 20.7. The lowest BCUT2D eigenvalue weighted by molar-refractivity contribution is 0.402. The standard InChI is InChI=1S/C26H32N8S/c27-20-7-3-4-8-22(20)31-26-32-24(23-25(33-26)34(16-30-23)19-5-1-2-6-19)29-14-17-9-10-21(28-13-17)18-11-12-35-15-18/h9-13,15-16,19-20,22H,1-8,14,27H2,(H2,29,31,32,33). The molecule has 0 amide bonds. The summed E-state index contributed by atoms with van der Waals surface area (Å²) in [4.78, 5) is 19.2. The van der Waals surface area contributed by atoms with E-state index in [2.05, 4.69) is 49.1 Å². The van der Waals surface area contributed by atoms with Crippen LogP contribution >= 0.6 is 11.3 Å². The van der Waals surface area contributed by atoms with Crippen molar-refractivity contribution in [2.45, 2.75) is 76.0 Å². The number of anilines is 2. The van der Waals surface area contributed by atoms with Gasteiger partial charge < -0.3 is 20.9 Å². The van der Waals surface area contributed by atoms with Crippen molar-refractivity contribution in [3.63, 3.8) is 0 Å². The number of nitrogens with one attached hydrogen (secondary N) is 2. The molecule has 6 rings (SSSR count). The second-order valence-electron chi connectivity index (χ2n) is 9.77. The molecular formula is C26H32N8S. The molecule has 2 aliphatic rings. The molecule has 2 fully saturated rings. The molecule has 4 heterocycles. The summed E-state index contributed by atoms with van der Waals surface area (Å²) in [6, 6.07) is 7.07. The average Bonchev–Trinajstić information content (AvgIpc) is 3.66. The van der Waals surface area contributed by atoms with Crippen molar-refractivity contribution in [1.82, 2.24) is 24.5 Å². The number of thiophene rings is 1. The smallest absolute Gasteiger partial charge is 0.227 e. The summed E-state index contributed by atoms with van der Waals surface area (Å²) < 4.78 is 2.25. The summed E-state index contributed by atoms with van der Waals surface area (Å²) in [5.41, 5.74) is 11.4. The van der Waals surface area contributed by atoms with E-state index in [0.717, 1.165) is 46.6 Å². The van der Waals surface area contributed by atoms with Gasteiger partial charge in [-0.05, 0) is 48.8 Å². The summed E-state index contributed by atoms with van der Waals surface area (Å²) in [7, 11) is 0. The summed E-state index contributed by atoms with van der Waals surface area (Å²) >= 11 is 1.68. The van der Waals surface area contributed by atoms with Crippen LogP contribution in [-0.2, 0) is 6.54 Å². The third-order valence-corrected chi connectivity index (χ3v) is 8.06. The van der Waals surface area contributed by atoms with Gasteiger partial charge in [-0.3, -0.25) is 4.98 Å². The van der Waals surface area contributed by atoms with Gasteiger partial charge in [-0.15, -0.1) is 0 Å². The van der Waals surface area contributed by atoms with E-state index < -0.39 is 0 Å². The molecule has 4 N–H and O–H groups in total. The van der Waals surface area contributed by atoms with Crippen molar-refractivity contribution >= 4 is 34.3 Å². The molecule has 182 valence electrons. The number of pyridine rings is 1. The first kappa shape index (κ1) is 22.4. The van der Waals surface area contributed by atoms with Crippen LogP contribution in [-0.4, -0.2) is 36.6 Å². The molecule has 9 heteroatoms. The van der Waals surface area contributed by atoms with E-state index in [-0.39, 0.29) is 12.1 Å². The summed E-state index contributed by atoms with van der Waals surface area (Å²) in [6.07, 6.45) is 13.2. The van der Waals surface area contributed by atoms with Crippen molar-refractivity contribution < 1.29 is 0 Å². The largest absolute Gasteiger partial charge is 0.364 e. The Morgan fingerprint density at radius 3 is 2.63 bits per heavy atom. The van der Waals surface area contributed by atoms with Gasteiger partial charge in [-0.25, -0.2) is 4.98 Å². The third-order valence-electron chi connectivity index (χ3n) is 7.38. The SMILES string of the molecule is NC1CCCCC1Nc1nc(NCc2ccc(-c3ccsc3)nc2)c2ncn(C3CCCC3)c2n1. The average molecular weight is 489 g/mol. The highest BCUT2D eigenvalue weighted by Crippen LogP contribution is 2.33. The Kier molecular flexibility index (Phi) is 6.35. The Bertz CT molecular complexity index is 1260. The molecule has 35 heavy (non-hydrogen) atoms. The van der Waals surface area contributed by atoms with Crippen LogP contribution in [0.3, 0.4) is 0 Å². The molecule has 0 aliphatic heterocycles. The maximum absolute atomic E-state index is 6.41. The predicted molar refractivity (Wildman–Crippen MR) is 142 cm³/mol. The zero-order chi connectivity index (χ0) is 23.6. The first-order chi connectivity index (χ1) is 17.2. The second kappa shape index (κ2) is 9.91. The van der Waals surface area contributed by atoms with Gasteiger partial charge in [0.1, 0.15) is 0 Å². The Morgan fingerprint density at radius 1 is 1.00 bits per heavy atom. The van der Waals surface area contributed by atoms with Gasteiger partial charge >= 0.3 is 0 Å². The lowest BCUT2D eigenvalue weighted by atomic mass is 9.91. The first-order valence-electron chi connectivity index (χ1n) is 12.7. The van der Waals surface area contributed by atoms with Gasteiger partial charge in [0.15, 0.2) is 17.0 Å². The van der Waals surface area contributed by atoms with Crippen molar-refractivity contribution in [2.75, 3.05) is 10.6 Å². The Hall–Kier alpha value is -3.04. The van der Waals surface area contributed by atoms with E-state index in [4.69, 9.17) is 20.7 Å². The number of imidazole rings is 1. The molecule has 0 aromatic carbocycles. The highest BCUT2D eigenvalue weighted by molar-refractivity contribution is 7.08. The van der Waals surface area contributed by atoms with Gasteiger partial charge in [0.05, 0.1) is 12.0 Å². The number of hydrogen-bond acceptors (Lipinski definition) is 8. The van der Waals surface area contributed by atoms with E-state index in [1.54, 1.807) is 11.3 Å². The van der Waals surface area contributed by atoms with E-state index in [9.17, 15) is 0 Å². The third kappa shape index (κ3) is 4.75. The van der Waals surface area contributed by atoms with E-state index in [1.165, 1.54) is 38.5 Å². The number of hydrogen-bond donors (Lipinski definition) is 3. The minimum Gasteiger partial charge on any atom is -0.364 e. The van der Waals surface area contributed by atoms with Crippen LogP contribution in [0.4, 0.5) is 11.8 Å². The van der Waals surface area contributed by atoms with Gasteiger partial charge in [-0.1, -0.05) is 31.7 Å². The summed E-state index contributed by atoms with van der Waals surface area (Å²) in [6.45, 7) is 0.613. The van der Waals surface area contributed by atoms with Crippen LogP contribution in [0.25, 0.3) is 22.4 Å². The molecule has 0 saturated heterocycles. The summed E-state index contributed by atoms with van der Waals surface area (Å²) in [5, 5.41) is 11.3. The van der Waals surface area contributed by atoms with Gasteiger partial charge in [-0.2, -0.15) is 21.3 Å². The normalized spacial score (nSPS) is 20.9. The number of fused-ring (bicyclic) bond motifs is 1. The van der Waals surface area contributed by atoms with E-state index >= 15 is 0 Å². The fourth-order valence-corrected chi connectivity index (χ4v) is 6.00. The molecule has 2 saturated carbocycles. The van der Waals surface area contributed by atoms with Crippen LogP contribution in [0.1, 0.15) is 63.0 Å². The minimum absolute atomic E-state index is 0.131. The molecule has 0 spiro atoms. The molecule has 0 radical (unpaired) electrons. The van der Waals surface area contributed by atoms with Crippen LogP contribution in [0.5, 0.6) is 0 Å². The molecule has 4 aromatic heterocycles. The maximum Gasteiger partial charge on any atom is 0.227 e. The number of rotatable bonds is 7. The van der Waals surface area contributed by atoms with Gasteiger partial charge in [0, 0.05) is 41.8 Å². The van der Waals surface area contributed by atoms with Crippen LogP contribution in [0, 0.1) is 0 Å². The van der Waals surface area contributed by atoms with Gasteiger partial charge in [0.25, 0.3) is 0 Å². The van der Waals surface area contributed by atoms with Crippen LogP contribution in [0.2, 0.25) is 0 Å². The molecule has 2 unspecified atom stereocenters. The molecule has 8 nitrogen and oxygen atoms in total. The van der Waals surface area contributed by atoms with Crippen molar-refractivity contribution in [3.8, 4) is 11.3 Å². The quantitative estimate of drug-likeness (QED) is 0.321. The van der Waals surface area contributed by atoms with E-state index in [0.29, 0.717) is 18.5 Å². The highest BCUT2D eigenvalue weighted by Gasteiger charge is 2.25. The van der Waals surface area contributed by atoms with Crippen LogP contribution < -0.4 is 16.4 Å². The molecule has 0 bridgehead atoms. The zero-order valence-electron chi connectivity index (χ0n) is 19.9. The predicted octanol–water partition coefficient (Wildman–Crippen LogP) is 5.36. The molecule has 4 aromatic rings. The van der Waals surface area contributed by atoms with E-state index in [1.807, 2.05) is 12.5 Å². The Balaban J connectivity index is 1.27.